The quantitative estimate of drug-likeness (QED) is 0.494. The smallest absolute Gasteiger partial charge is 0.0488 e. The summed E-state index contributed by atoms with van der Waals surface area (Å²) in [6.07, 6.45) is 10.7. The Morgan fingerprint density at radius 2 is 1.72 bits per heavy atom. The van der Waals surface area contributed by atoms with Gasteiger partial charge in [-0.05, 0) is 31.7 Å². The summed E-state index contributed by atoms with van der Waals surface area (Å²) in [7, 11) is 1.80. The van der Waals surface area contributed by atoms with Gasteiger partial charge in [0.1, 0.15) is 0 Å². The maximum absolute atomic E-state index is 5.24. The molecule has 0 bridgehead atoms. The highest BCUT2D eigenvalue weighted by atomic mass is 16.5. The maximum Gasteiger partial charge on any atom is 0.0488 e. The van der Waals surface area contributed by atoms with Gasteiger partial charge in [-0.2, -0.15) is 0 Å². The number of methoxy groups -OCH3 is 1. The Morgan fingerprint density at radius 3 is 2.33 bits per heavy atom. The van der Waals surface area contributed by atoms with E-state index in [9.17, 15) is 0 Å². The molecular formula is C16H35NO. The molecule has 0 aromatic heterocycles. The van der Waals surface area contributed by atoms with E-state index in [2.05, 4.69) is 26.1 Å². The number of nitrogens with one attached hydrogen (secondary N) is 1. The van der Waals surface area contributed by atoms with Crippen LogP contribution in [0.1, 0.15) is 72.1 Å². The summed E-state index contributed by atoms with van der Waals surface area (Å²) in [6, 6.07) is 0.691. The van der Waals surface area contributed by atoms with Crippen LogP contribution in [-0.4, -0.2) is 26.3 Å². The van der Waals surface area contributed by atoms with Crippen molar-refractivity contribution in [2.24, 2.45) is 5.92 Å². The summed E-state index contributed by atoms with van der Waals surface area (Å²) in [6.45, 7) is 8.85. The molecule has 1 N–H and O–H groups in total. The van der Waals surface area contributed by atoms with Crippen molar-refractivity contribution in [3.8, 4) is 0 Å². The second-order valence-corrected chi connectivity index (χ2v) is 5.65. The molecule has 0 spiro atoms. The lowest BCUT2D eigenvalue weighted by atomic mass is 9.97. The van der Waals surface area contributed by atoms with Gasteiger partial charge in [-0.3, -0.25) is 0 Å². The Balaban J connectivity index is 3.75. The normalized spacial score (nSPS) is 14.7. The van der Waals surface area contributed by atoms with E-state index in [1.165, 1.54) is 51.4 Å². The van der Waals surface area contributed by atoms with E-state index in [1.807, 2.05) is 0 Å². The molecule has 2 unspecified atom stereocenters. The zero-order valence-corrected chi connectivity index (χ0v) is 13.1. The van der Waals surface area contributed by atoms with Gasteiger partial charge in [0.05, 0.1) is 0 Å². The first-order chi connectivity index (χ1) is 8.74. The average molecular weight is 257 g/mol. The number of rotatable bonds is 13. The zero-order chi connectivity index (χ0) is 13.6. The van der Waals surface area contributed by atoms with E-state index >= 15 is 0 Å². The van der Waals surface area contributed by atoms with Gasteiger partial charge in [0.2, 0.25) is 0 Å². The SMILES string of the molecule is CCCCCCCC(CC(C)COC)NCCC. The first-order valence-electron chi connectivity index (χ1n) is 7.96. The molecule has 2 heteroatoms. The molecule has 0 aliphatic rings. The van der Waals surface area contributed by atoms with Crippen molar-refractivity contribution in [1.29, 1.82) is 0 Å². The van der Waals surface area contributed by atoms with E-state index < -0.39 is 0 Å². The van der Waals surface area contributed by atoms with Crippen LogP contribution < -0.4 is 5.32 Å². The minimum absolute atomic E-state index is 0.667. The average Bonchev–Trinajstić information content (AvgIpc) is 2.35. The highest BCUT2D eigenvalue weighted by molar-refractivity contribution is 4.70. The molecule has 0 aliphatic heterocycles. The monoisotopic (exact) mass is 257 g/mol. The van der Waals surface area contributed by atoms with Crippen LogP contribution >= 0.6 is 0 Å². The van der Waals surface area contributed by atoms with Gasteiger partial charge in [0.25, 0.3) is 0 Å². The Hall–Kier alpha value is -0.0800. The van der Waals surface area contributed by atoms with Gasteiger partial charge in [-0.1, -0.05) is 52.9 Å². The molecule has 0 aliphatic carbocycles. The van der Waals surface area contributed by atoms with E-state index in [4.69, 9.17) is 4.74 Å². The maximum atomic E-state index is 5.24. The molecule has 0 aromatic rings. The first kappa shape index (κ1) is 17.9. The molecule has 110 valence electrons. The predicted molar refractivity (Wildman–Crippen MR) is 81.1 cm³/mol. The molecule has 0 aromatic carbocycles. The van der Waals surface area contributed by atoms with Gasteiger partial charge < -0.3 is 10.1 Å². The summed E-state index contributed by atoms with van der Waals surface area (Å²) in [5.74, 6) is 0.667. The van der Waals surface area contributed by atoms with E-state index in [0.29, 0.717) is 12.0 Å². The molecule has 0 amide bonds. The molecular weight excluding hydrogens is 222 g/mol. The predicted octanol–water partition coefficient (Wildman–Crippen LogP) is 4.39. The fraction of sp³-hybridized carbons (Fsp3) is 1.00. The summed E-state index contributed by atoms with van der Waals surface area (Å²) >= 11 is 0. The minimum atomic E-state index is 0.667. The Labute approximate surface area is 115 Å². The van der Waals surface area contributed by atoms with Crippen LogP contribution in [0.2, 0.25) is 0 Å². The standard InChI is InChI=1S/C16H35NO/c1-5-7-8-9-10-11-16(17-12-6-2)13-15(3)14-18-4/h15-17H,5-14H2,1-4H3. The number of hydrogen-bond acceptors (Lipinski definition) is 2. The third-order valence-electron chi connectivity index (χ3n) is 3.48. The van der Waals surface area contributed by atoms with Crippen LogP contribution in [0.3, 0.4) is 0 Å². The molecule has 2 nitrogen and oxygen atoms in total. The topological polar surface area (TPSA) is 21.3 Å². The summed E-state index contributed by atoms with van der Waals surface area (Å²) < 4.78 is 5.24. The van der Waals surface area contributed by atoms with Crippen LogP contribution in [0.5, 0.6) is 0 Å². The minimum Gasteiger partial charge on any atom is -0.384 e. The van der Waals surface area contributed by atoms with E-state index in [-0.39, 0.29) is 0 Å². The molecule has 0 radical (unpaired) electrons. The summed E-state index contributed by atoms with van der Waals surface area (Å²) in [5, 5.41) is 3.69. The van der Waals surface area contributed by atoms with Crippen molar-refractivity contribution < 1.29 is 4.74 Å². The van der Waals surface area contributed by atoms with Crippen molar-refractivity contribution in [3.63, 3.8) is 0 Å². The molecule has 0 saturated heterocycles. The van der Waals surface area contributed by atoms with Crippen molar-refractivity contribution >= 4 is 0 Å². The molecule has 2 atom stereocenters. The summed E-state index contributed by atoms with van der Waals surface area (Å²) in [4.78, 5) is 0. The lowest BCUT2D eigenvalue weighted by Gasteiger charge is -2.22. The van der Waals surface area contributed by atoms with Gasteiger partial charge in [-0.15, -0.1) is 0 Å². The van der Waals surface area contributed by atoms with E-state index in [1.54, 1.807) is 7.11 Å². The van der Waals surface area contributed by atoms with Crippen molar-refractivity contribution in [3.05, 3.63) is 0 Å². The van der Waals surface area contributed by atoms with Crippen LogP contribution in [0.25, 0.3) is 0 Å². The molecule has 0 heterocycles. The Morgan fingerprint density at radius 1 is 1.00 bits per heavy atom. The largest absolute Gasteiger partial charge is 0.384 e. The van der Waals surface area contributed by atoms with Gasteiger partial charge in [0, 0.05) is 19.8 Å². The zero-order valence-electron chi connectivity index (χ0n) is 13.1. The van der Waals surface area contributed by atoms with Crippen LogP contribution in [0.15, 0.2) is 0 Å². The number of hydrogen-bond donors (Lipinski definition) is 1. The molecule has 0 saturated carbocycles. The Kier molecular flexibility index (Phi) is 13.3. The van der Waals surface area contributed by atoms with E-state index in [0.717, 1.165) is 13.2 Å². The first-order valence-corrected chi connectivity index (χ1v) is 7.96. The van der Waals surface area contributed by atoms with Crippen molar-refractivity contribution in [2.45, 2.75) is 78.2 Å². The molecule has 18 heavy (non-hydrogen) atoms. The second-order valence-electron chi connectivity index (χ2n) is 5.65. The number of ether oxygens (including phenoxy) is 1. The van der Waals surface area contributed by atoms with Crippen molar-refractivity contribution in [2.75, 3.05) is 20.3 Å². The van der Waals surface area contributed by atoms with Gasteiger partial charge in [-0.25, -0.2) is 0 Å². The Bertz CT molecular complexity index is 161. The third kappa shape index (κ3) is 11.0. The molecule has 0 fully saturated rings. The highest BCUT2D eigenvalue weighted by Gasteiger charge is 2.12. The molecule has 0 rings (SSSR count). The lowest BCUT2D eigenvalue weighted by Crippen LogP contribution is -2.32. The van der Waals surface area contributed by atoms with Crippen LogP contribution in [0.4, 0.5) is 0 Å². The second kappa shape index (κ2) is 13.4. The summed E-state index contributed by atoms with van der Waals surface area (Å²) in [5.41, 5.74) is 0. The fourth-order valence-corrected chi connectivity index (χ4v) is 2.48. The highest BCUT2D eigenvalue weighted by Crippen LogP contribution is 2.14. The number of unbranched alkanes of at least 4 members (excludes halogenated alkanes) is 4. The lowest BCUT2D eigenvalue weighted by molar-refractivity contribution is 0.148. The third-order valence-corrected chi connectivity index (χ3v) is 3.48. The van der Waals surface area contributed by atoms with Gasteiger partial charge >= 0.3 is 0 Å². The van der Waals surface area contributed by atoms with Crippen LogP contribution in [0, 0.1) is 5.92 Å². The fourth-order valence-electron chi connectivity index (χ4n) is 2.48. The van der Waals surface area contributed by atoms with Crippen molar-refractivity contribution in [1.82, 2.24) is 5.32 Å². The van der Waals surface area contributed by atoms with Gasteiger partial charge in [0.15, 0.2) is 0 Å². The van der Waals surface area contributed by atoms with Crippen LogP contribution in [-0.2, 0) is 4.74 Å².